The number of rotatable bonds is 9. The molecule has 0 amide bonds. The van der Waals surface area contributed by atoms with Crippen LogP contribution in [0.25, 0.3) is 0 Å². The van der Waals surface area contributed by atoms with Gasteiger partial charge in [0.05, 0.1) is 17.1 Å². The second-order valence-corrected chi connectivity index (χ2v) is 11.3. The van der Waals surface area contributed by atoms with Gasteiger partial charge >= 0.3 is 17.9 Å². The summed E-state index contributed by atoms with van der Waals surface area (Å²) in [6.07, 6.45) is 0. The van der Waals surface area contributed by atoms with E-state index in [1.165, 1.54) is 0 Å². The summed E-state index contributed by atoms with van der Waals surface area (Å²) in [5.41, 5.74) is 4.49. The Morgan fingerprint density at radius 1 is 0.628 bits per heavy atom. The average Bonchev–Trinajstić information content (AvgIpc) is 2.98. The molecule has 1 aliphatic heterocycles. The molecule has 0 saturated carbocycles. The van der Waals surface area contributed by atoms with Crippen LogP contribution in [0.3, 0.4) is 0 Å². The van der Waals surface area contributed by atoms with Crippen molar-refractivity contribution in [3.8, 4) is 0 Å². The molecule has 0 aromatic carbocycles. The van der Waals surface area contributed by atoms with Crippen LogP contribution in [-0.2, 0) is 19.6 Å². The molecular weight excluding hydrogens is 552 g/mol. The molecule has 3 aromatic heterocycles. The van der Waals surface area contributed by atoms with Crippen LogP contribution in [0, 0.1) is 20.8 Å². The van der Waals surface area contributed by atoms with Crippen LogP contribution in [0.1, 0.15) is 72.2 Å². The van der Waals surface area contributed by atoms with Gasteiger partial charge in [-0.15, -0.1) is 0 Å². The van der Waals surface area contributed by atoms with Crippen molar-refractivity contribution in [3.05, 3.63) is 87.3 Å². The van der Waals surface area contributed by atoms with Gasteiger partial charge in [-0.1, -0.05) is 0 Å². The minimum atomic E-state index is -1.07. The van der Waals surface area contributed by atoms with E-state index in [1.807, 2.05) is 39.0 Å². The van der Waals surface area contributed by atoms with E-state index in [2.05, 4.69) is 36.6 Å². The Labute approximate surface area is 250 Å². The molecule has 228 valence electrons. The smallest absolute Gasteiger partial charge is 0.354 e. The largest absolute Gasteiger partial charge is 0.477 e. The van der Waals surface area contributed by atoms with Gasteiger partial charge in [0.15, 0.2) is 0 Å². The second kappa shape index (κ2) is 13.8. The van der Waals surface area contributed by atoms with Crippen molar-refractivity contribution in [3.63, 3.8) is 0 Å². The summed E-state index contributed by atoms with van der Waals surface area (Å²) in [5, 5.41) is 28.6. The maximum Gasteiger partial charge on any atom is 0.354 e. The Balaban J connectivity index is 1.62. The Morgan fingerprint density at radius 3 is 1.44 bits per heavy atom. The van der Waals surface area contributed by atoms with E-state index in [-0.39, 0.29) is 23.1 Å². The van der Waals surface area contributed by atoms with E-state index in [1.54, 1.807) is 18.2 Å². The number of nitrogens with zero attached hydrogens (tertiary/aromatic N) is 6. The van der Waals surface area contributed by atoms with Crippen LogP contribution in [-0.4, -0.2) is 102 Å². The normalized spacial score (nSPS) is 17.2. The average molecular weight is 591 g/mol. The highest BCUT2D eigenvalue weighted by molar-refractivity contribution is 5.86. The molecule has 1 saturated heterocycles. The lowest BCUT2D eigenvalue weighted by atomic mass is 10.1. The van der Waals surface area contributed by atoms with Crippen molar-refractivity contribution in [2.45, 2.75) is 53.4 Å². The molecule has 4 heterocycles. The van der Waals surface area contributed by atoms with Gasteiger partial charge in [-0.05, 0) is 80.8 Å². The van der Waals surface area contributed by atoms with Gasteiger partial charge in [0.25, 0.3) is 0 Å². The lowest BCUT2D eigenvalue weighted by molar-refractivity contribution is 0.0678. The van der Waals surface area contributed by atoms with Crippen LogP contribution in [0.15, 0.2) is 36.4 Å². The Kier molecular flexibility index (Phi) is 10.2. The number of carboxylic acid groups (broad SMARTS) is 3. The standard InChI is InChI=1S/C31H38N6O6/c1-19-9-23(32-26(12-19)29(38)39)16-35-5-6-36(17-24-10-20(2)13-27(33-24)30(40)41)15-22(4)37(8-7-35)18-25-11-21(3)14-28(34-25)31(42)43/h9-14,22H,5-8,15-18H2,1-4H3,(H,38,39)(H,40,41)(H,42,43)/t22-/m0/s1. The third-order valence-electron chi connectivity index (χ3n) is 7.44. The minimum Gasteiger partial charge on any atom is -0.477 e. The van der Waals surface area contributed by atoms with Crippen molar-refractivity contribution >= 4 is 17.9 Å². The van der Waals surface area contributed by atoms with E-state index in [0.717, 1.165) is 16.7 Å². The zero-order valence-corrected chi connectivity index (χ0v) is 24.9. The summed E-state index contributed by atoms with van der Waals surface area (Å²) in [4.78, 5) is 54.7. The Hall–Kier alpha value is -4.26. The Morgan fingerprint density at radius 2 is 1.00 bits per heavy atom. The first-order valence-electron chi connectivity index (χ1n) is 14.2. The van der Waals surface area contributed by atoms with Crippen LogP contribution < -0.4 is 0 Å². The maximum absolute atomic E-state index is 11.6. The zero-order valence-electron chi connectivity index (χ0n) is 24.9. The fraction of sp³-hybridized carbons (Fsp3) is 0.419. The summed E-state index contributed by atoms with van der Waals surface area (Å²) in [5.74, 6) is -3.21. The van der Waals surface area contributed by atoms with Gasteiger partial charge in [0.1, 0.15) is 17.1 Å². The van der Waals surface area contributed by atoms with Gasteiger partial charge in [-0.25, -0.2) is 29.3 Å². The van der Waals surface area contributed by atoms with Gasteiger partial charge in [-0.3, -0.25) is 14.7 Å². The number of hydrogen-bond donors (Lipinski definition) is 3. The van der Waals surface area contributed by atoms with Gasteiger partial charge in [0, 0.05) is 58.4 Å². The number of carbonyl (C=O) groups is 3. The van der Waals surface area contributed by atoms with Crippen LogP contribution in [0.2, 0.25) is 0 Å². The van der Waals surface area contributed by atoms with Crippen LogP contribution >= 0.6 is 0 Å². The zero-order chi connectivity index (χ0) is 31.3. The van der Waals surface area contributed by atoms with Gasteiger partial charge in [-0.2, -0.15) is 0 Å². The molecule has 0 aliphatic carbocycles. The van der Waals surface area contributed by atoms with Crippen LogP contribution in [0.4, 0.5) is 0 Å². The third kappa shape index (κ3) is 8.87. The summed E-state index contributed by atoms with van der Waals surface area (Å²) in [6.45, 7) is 12.3. The third-order valence-corrected chi connectivity index (χ3v) is 7.44. The maximum atomic E-state index is 11.6. The molecule has 3 aromatic rings. The first kappa shape index (κ1) is 31.7. The molecule has 1 aliphatic rings. The second-order valence-electron chi connectivity index (χ2n) is 11.3. The molecule has 0 spiro atoms. The monoisotopic (exact) mass is 590 g/mol. The number of aryl methyl sites for hydroxylation is 3. The molecular formula is C31H38N6O6. The summed E-state index contributed by atoms with van der Waals surface area (Å²) < 4.78 is 0. The highest BCUT2D eigenvalue weighted by Gasteiger charge is 2.24. The van der Waals surface area contributed by atoms with Crippen LogP contribution in [0.5, 0.6) is 0 Å². The quantitative estimate of drug-likeness (QED) is 0.335. The summed E-state index contributed by atoms with van der Waals surface area (Å²) in [6, 6.07) is 10.4. The number of aromatic nitrogens is 3. The van der Waals surface area contributed by atoms with Crippen molar-refractivity contribution in [1.82, 2.24) is 29.7 Å². The first-order chi connectivity index (χ1) is 20.4. The van der Waals surface area contributed by atoms with E-state index in [4.69, 9.17) is 0 Å². The van der Waals surface area contributed by atoms with Gasteiger partial charge < -0.3 is 15.3 Å². The molecule has 1 atom stereocenters. The Bertz CT molecular complexity index is 1510. The fourth-order valence-electron chi connectivity index (χ4n) is 5.46. The lowest BCUT2D eigenvalue weighted by Crippen LogP contribution is -2.42. The van der Waals surface area contributed by atoms with Crippen molar-refractivity contribution in [1.29, 1.82) is 0 Å². The summed E-state index contributed by atoms with van der Waals surface area (Å²) in [7, 11) is 0. The summed E-state index contributed by atoms with van der Waals surface area (Å²) >= 11 is 0. The number of aromatic carboxylic acids is 3. The molecule has 43 heavy (non-hydrogen) atoms. The molecule has 12 heteroatoms. The molecule has 0 unspecified atom stereocenters. The van der Waals surface area contributed by atoms with E-state index >= 15 is 0 Å². The van der Waals surface area contributed by atoms with Crippen molar-refractivity contribution in [2.24, 2.45) is 0 Å². The molecule has 1 fully saturated rings. The highest BCUT2D eigenvalue weighted by atomic mass is 16.4. The minimum absolute atomic E-state index is 0.00897. The fourth-order valence-corrected chi connectivity index (χ4v) is 5.46. The van der Waals surface area contributed by atoms with E-state index in [0.29, 0.717) is 69.4 Å². The molecule has 0 bridgehead atoms. The topological polar surface area (TPSA) is 160 Å². The highest BCUT2D eigenvalue weighted by Crippen LogP contribution is 2.17. The molecule has 0 radical (unpaired) electrons. The van der Waals surface area contributed by atoms with Crippen molar-refractivity contribution < 1.29 is 29.7 Å². The number of pyridine rings is 3. The SMILES string of the molecule is Cc1cc(CN2CCN(Cc3cc(C)cc(C(=O)O)n3)C[C@H](C)N(Cc3cc(C)cc(C(=O)O)n3)CC2)nc(C(=O)O)c1. The predicted octanol–water partition coefficient (Wildman–Crippen LogP) is 3.10. The predicted molar refractivity (Wildman–Crippen MR) is 158 cm³/mol. The lowest BCUT2D eigenvalue weighted by Gasteiger charge is -2.32. The van der Waals surface area contributed by atoms with Gasteiger partial charge in [0.2, 0.25) is 0 Å². The molecule has 4 rings (SSSR count). The van der Waals surface area contributed by atoms with Crippen molar-refractivity contribution in [2.75, 3.05) is 32.7 Å². The molecule has 3 N–H and O–H groups in total. The van der Waals surface area contributed by atoms with E-state index < -0.39 is 17.9 Å². The van der Waals surface area contributed by atoms with E-state index in [9.17, 15) is 29.7 Å². The molecule has 12 nitrogen and oxygen atoms in total. The first-order valence-corrected chi connectivity index (χ1v) is 14.2. The number of carboxylic acids is 3. The number of hydrogen-bond acceptors (Lipinski definition) is 9.